The molecule has 2 N–H and O–H groups in total. The van der Waals surface area contributed by atoms with Crippen LogP contribution < -0.4 is 20.1 Å². The Hall–Kier alpha value is -3.55. The standard InChI is InChI=1S/C23H28N6O2/c1-4-24-23(27-19-7-8-20-21(13-19)31-11-5-10-30-20)26-15-18-6-9-22(25-14-18)29-17(3)12-16(2)28-29/h6-9,12-14H,4-5,10-11,15H2,1-3H3,(H2,24,26,27). The zero-order valence-corrected chi connectivity index (χ0v) is 18.2. The van der Waals surface area contributed by atoms with Gasteiger partial charge in [0.2, 0.25) is 0 Å². The molecule has 3 aromatic rings. The minimum atomic E-state index is 0.504. The summed E-state index contributed by atoms with van der Waals surface area (Å²) in [6.45, 7) is 8.63. The second-order valence-electron chi connectivity index (χ2n) is 7.40. The van der Waals surface area contributed by atoms with Crippen LogP contribution >= 0.6 is 0 Å². The van der Waals surface area contributed by atoms with Crippen molar-refractivity contribution in [3.05, 3.63) is 59.5 Å². The molecule has 4 rings (SSSR count). The summed E-state index contributed by atoms with van der Waals surface area (Å²) in [5.74, 6) is 3.02. The third kappa shape index (κ3) is 5.14. The van der Waals surface area contributed by atoms with Gasteiger partial charge in [-0.05, 0) is 50.6 Å². The molecule has 0 bridgehead atoms. The second-order valence-corrected chi connectivity index (χ2v) is 7.40. The molecule has 0 radical (unpaired) electrons. The van der Waals surface area contributed by atoms with E-state index < -0.39 is 0 Å². The van der Waals surface area contributed by atoms with E-state index in [0.29, 0.717) is 25.7 Å². The molecule has 0 fully saturated rings. The zero-order chi connectivity index (χ0) is 21.6. The van der Waals surface area contributed by atoms with Crippen LogP contribution in [-0.2, 0) is 6.54 Å². The average Bonchev–Trinajstić information content (AvgIpc) is 2.96. The molecule has 1 aliphatic rings. The lowest BCUT2D eigenvalue weighted by Crippen LogP contribution is -2.30. The number of pyridine rings is 1. The summed E-state index contributed by atoms with van der Waals surface area (Å²) in [5, 5.41) is 11.1. The van der Waals surface area contributed by atoms with Crippen molar-refractivity contribution in [2.75, 3.05) is 25.1 Å². The molecule has 0 saturated heterocycles. The van der Waals surface area contributed by atoms with Gasteiger partial charge in [0.25, 0.3) is 0 Å². The third-order valence-corrected chi connectivity index (χ3v) is 4.81. The van der Waals surface area contributed by atoms with E-state index >= 15 is 0 Å². The van der Waals surface area contributed by atoms with Crippen LogP contribution in [0.2, 0.25) is 0 Å². The molecule has 0 spiro atoms. The van der Waals surface area contributed by atoms with Crippen molar-refractivity contribution < 1.29 is 9.47 Å². The summed E-state index contributed by atoms with van der Waals surface area (Å²) < 4.78 is 13.3. The number of hydrogen-bond acceptors (Lipinski definition) is 5. The molecule has 0 unspecified atom stereocenters. The Kier molecular flexibility index (Phi) is 6.35. The van der Waals surface area contributed by atoms with Crippen LogP contribution in [0.4, 0.5) is 5.69 Å². The van der Waals surface area contributed by atoms with Crippen LogP contribution in [0.25, 0.3) is 5.82 Å². The van der Waals surface area contributed by atoms with Crippen LogP contribution in [-0.4, -0.2) is 40.5 Å². The van der Waals surface area contributed by atoms with Crippen LogP contribution in [0.3, 0.4) is 0 Å². The molecule has 2 aromatic heterocycles. The van der Waals surface area contributed by atoms with E-state index in [4.69, 9.17) is 14.5 Å². The highest BCUT2D eigenvalue weighted by molar-refractivity contribution is 5.93. The molecule has 0 saturated carbocycles. The molecule has 3 heterocycles. The van der Waals surface area contributed by atoms with Gasteiger partial charge in [0.15, 0.2) is 23.3 Å². The first-order valence-electron chi connectivity index (χ1n) is 10.6. The highest BCUT2D eigenvalue weighted by Crippen LogP contribution is 2.32. The van der Waals surface area contributed by atoms with Gasteiger partial charge in [-0.3, -0.25) is 0 Å². The molecule has 8 nitrogen and oxygen atoms in total. The molecular formula is C23H28N6O2. The fourth-order valence-corrected chi connectivity index (χ4v) is 3.35. The van der Waals surface area contributed by atoms with Crippen LogP contribution in [0.5, 0.6) is 11.5 Å². The SMILES string of the molecule is CCNC(=NCc1ccc(-n2nc(C)cc2C)nc1)Nc1ccc2c(c1)OCCCO2. The summed E-state index contributed by atoms with van der Waals surface area (Å²) in [6.07, 6.45) is 2.72. The molecule has 162 valence electrons. The highest BCUT2D eigenvalue weighted by atomic mass is 16.5. The van der Waals surface area contributed by atoms with Crippen molar-refractivity contribution in [1.29, 1.82) is 0 Å². The Morgan fingerprint density at radius 1 is 1.10 bits per heavy atom. The Morgan fingerprint density at radius 2 is 1.94 bits per heavy atom. The molecule has 0 amide bonds. The van der Waals surface area contributed by atoms with Crippen LogP contribution in [0.15, 0.2) is 47.6 Å². The first kappa shape index (κ1) is 20.7. The van der Waals surface area contributed by atoms with Crippen molar-refractivity contribution in [3.63, 3.8) is 0 Å². The Morgan fingerprint density at radius 3 is 2.65 bits per heavy atom. The van der Waals surface area contributed by atoms with Gasteiger partial charge in [0, 0.05) is 36.6 Å². The first-order valence-corrected chi connectivity index (χ1v) is 10.6. The van der Waals surface area contributed by atoms with Crippen molar-refractivity contribution in [3.8, 4) is 17.3 Å². The number of aromatic nitrogens is 3. The molecular weight excluding hydrogens is 392 g/mol. The number of fused-ring (bicyclic) bond motifs is 1. The predicted molar refractivity (Wildman–Crippen MR) is 121 cm³/mol. The van der Waals surface area contributed by atoms with E-state index in [9.17, 15) is 0 Å². The molecule has 0 aliphatic carbocycles. The Balaban J connectivity index is 1.45. The fourth-order valence-electron chi connectivity index (χ4n) is 3.35. The number of nitrogens with zero attached hydrogens (tertiary/aromatic N) is 4. The lowest BCUT2D eigenvalue weighted by atomic mass is 10.2. The lowest BCUT2D eigenvalue weighted by Gasteiger charge is -2.14. The van der Waals surface area contributed by atoms with E-state index in [1.165, 1.54) is 0 Å². The third-order valence-electron chi connectivity index (χ3n) is 4.81. The van der Waals surface area contributed by atoms with Gasteiger partial charge in [-0.25, -0.2) is 14.7 Å². The summed E-state index contributed by atoms with van der Waals surface area (Å²) in [5.41, 5.74) is 3.94. The minimum absolute atomic E-state index is 0.504. The molecule has 8 heteroatoms. The maximum Gasteiger partial charge on any atom is 0.196 e. The Bertz CT molecular complexity index is 1060. The van der Waals surface area contributed by atoms with Crippen molar-refractivity contribution in [1.82, 2.24) is 20.1 Å². The summed E-state index contributed by atoms with van der Waals surface area (Å²) >= 11 is 0. The molecule has 1 aromatic carbocycles. The van der Waals surface area contributed by atoms with E-state index in [0.717, 1.165) is 52.9 Å². The van der Waals surface area contributed by atoms with Crippen molar-refractivity contribution in [2.24, 2.45) is 4.99 Å². The van der Waals surface area contributed by atoms with Gasteiger partial charge >= 0.3 is 0 Å². The van der Waals surface area contributed by atoms with Crippen LogP contribution in [0, 0.1) is 13.8 Å². The number of nitrogens with one attached hydrogen (secondary N) is 2. The number of ether oxygens (including phenoxy) is 2. The number of benzene rings is 1. The quantitative estimate of drug-likeness (QED) is 0.484. The monoisotopic (exact) mass is 420 g/mol. The largest absolute Gasteiger partial charge is 0.490 e. The summed E-state index contributed by atoms with van der Waals surface area (Å²) in [4.78, 5) is 9.24. The van der Waals surface area contributed by atoms with E-state index in [1.807, 2.05) is 68.0 Å². The smallest absolute Gasteiger partial charge is 0.196 e. The summed E-state index contributed by atoms with van der Waals surface area (Å²) in [7, 11) is 0. The molecule has 0 atom stereocenters. The fraction of sp³-hybridized carbons (Fsp3) is 0.348. The zero-order valence-electron chi connectivity index (χ0n) is 18.2. The number of hydrogen-bond donors (Lipinski definition) is 2. The average molecular weight is 421 g/mol. The highest BCUT2D eigenvalue weighted by Gasteiger charge is 2.11. The number of anilines is 1. The van der Waals surface area contributed by atoms with Crippen LogP contribution in [0.1, 0.15) is 30.3 Å². The van der Waals surface area contributed by atoms with E-state index in [1.54, 1.807) is 0 Å². The maximum atomic E-state index is 5.78. The number of guanidine groups is 1. The number of aryl methyl sites for hydroxylation is 2. The van der Waals surface area contributed by atoms with E-state index in [-0.39, 0.29) is 0 Å². The first-order chi connectivity index (χ1) is 15.1. The molecule has 31 heavy (non-hydrogen) atoms. The predicted octanol–water partition coefficient (Wildman–Crippen LogP) is 3.62. The van der Waals surface area contributed by atoms with E-state index in [2.05, 4.69) is 20.7 Å². The van der Waals surface area contributed by atoms with Gasteiger partial charge in [-0.2, -0.15) is 5.10 Å². The second kappa shape index (κ2) is 9.51. The van der Waals surface area contributed by atoms with Gasteiger partial charge < -0.3 is 20.1 Å². The normalized spacial score (nSPS) is 13.6. The number of aliphatic imine (C=N–C) groups is 1. The maximum absolute atomic E-state index is 5.78. The number of rotatable bonds is 5. The Labute approximate surface area is 182 Å². The van der Waals surface area contributed by atoms with Gasteiger partial charge in [-0.15, -0.1) is 0 Å². The van der Waals surface area contributed by atoms with Crippen molar-refractivity contribution in [2.45, 2.75) is 33.7 Å². The van der Waals surface area contributed by atoms with Gasteiger partial charge in [-0.1, -0.05) is 6.07 Å². The van der Waals surface area contributed by atoms with Gasteiger partial charge in [0.1, 0.15) is 0 Å². The molecule has 1 aliphatic heterocycles. The lowest BCUT2D eigenvalue weighted by molar-refractivity contribution is 0.297. The van der Waals surface area contributed by atoms with Gasteiger partial charge in [0.05, 0.1) is 25.5 Å². The summed E-state index contributed by atoms with van der Waals surface area (Å²) in [6, 6.07) is 11.9. The minimum Gasteiger partial charge on any atom is -0.490 e. The topological polar surface area (TPSA) is 85.6 Å². The van der Waals surface area contributed by atoms with Crippen molar-refractivity contribution >= 4 is 11.6 Å².